The number of rotatable bonds is 3. The number of anilines is 1. The number of pyridine rings is 1. The molecule has 3 rings (SSSR count). The van der Waals surface area contributed by atoms with Crippen molar-refractivity contribution in [3.8, 4) is 5.82 Å². The second-order valence-corrected chi connectivity index (χ2v) is 5.15. The quantitative estimate of drug-likeness (QED) is 0.778. The molecule has 0 radical (unpaired) electrons. The summed E-state index contributed by atoms with van der Waals surface area (Å²) < 4.78 is 15.2. The zero-order chi connectivity index (χ0) is 15.5. The Balaban J connectivity index is 1.94. The zero-order valence-corrected chi connectivity index (χ0v) is 12.7. The average Bonchev–Trinajstić information content (AvgIpc) is 3.04. The lowest BCUT2D eigenvalue weighted by atomic mass is 10.2. The number of halogens is 2. The predicted octanol–water partition coefficient (Wildman–Crippen LogP) is 2.82. The topological polar surface area (TPSA) is 72.7 Å². The second kappa shape index (κ2) is 6.02. The highest BCUT2D eigenvalue weighted by Crippen LogP contribution is 2.21. The van der Waals surface area contributed by atoms with Gasteiger partial charge in [0, 0.05) is 10.7 Å². The van der Waals surface area contributed by atoms with Crippen LogP contribution in [0, 0.1) is 5.82 Å². The highest BCUT2D eigenvalue weighted by atomic mass is 79.9. The average molecular weight is 362 g/mol. The van der Waals surface area contributed by atoms with E-state index in [4.69, 9.17) is 0 Å². The first-order chi connectivity index (χ1) is 10.6. The minimum Gasteiger partial charge on any atom is -0.319 e. The van der Waals surface area contributed by atoms with Crippen LogP contribution in [0.5, 0.6) is 0 Å². The Hall–Kier alpha value is -2.61. The van der Waals surface area contributed by atoms with E-state index in [1.807, 2.05) is 0 Å². The first kappa shape index (κ1) is 14.3. The van der Waals surface area contributed by atoms with E-state index in [1.54, 1.807) is 18.3 Å². The predicted molar refractivity (Wildman–Crippen MR) is 81.2 cm³/mol. The SMILES string of the molecule is O=C(Nc1cccnc1-n1cncn1)c1cc(F)ccc1Br. The van der Waals surface area contributed by atoms with Gasteiger partial charge < -0.3 is 5.32 Å². The maximum atomic E-state index is 13.3. The number of nitrogens with zero attached hydrogens (tertiary/aromatic N) is 4. The monoisotopic (exact) mass is 361 g/mol. The standard InChI is InChI=1S/C14H9BrFN5O/c15-11-4-3-9(16)6-10(11)14(22)20-12-2-1-5-18-13(12)21-8-17-7-19-21/h1-8H,(H,20,22). The molecule has 3 aromatic rings. The molecule has 1 N–H and O–H groups in total. The van der Waals surface area contributed by atoms with Crippen molar-refractivity contribution in [3.05, 3.63) is 65.0 Å². The molecule has 6 nitrogen and oxygen atoms in total. The normalized spacial score (nSPS) is 10.5. The summed E-state index contributed by atoms with van der Waals surface area (Å²) in [6, 6.07) is 7.26. The van der Waals surface area contributed by atoms with Crippen LogP contribution in [0.25, 0.3) is 5.82 Å². The highest BCUT2D eigenvalue weighted by molar-refractivity contribution is 9.10. The Kier molecular flexibility index (Phi) is 3.92. The smallest absolute Gasteiger partial charge is 0.257 e. The van der Waals surface area contributed by atoms with Crippen molar-refractivity contribution in [2.75, 3.05) is 5.32 Å². The van der Waals surface area contributed by atoms with Crippen LogP contribution >= 0.6 is 15.9 Å². The molecule has 1 aromatic carbocycles. The number of hydrogen-bond acceptors (Lipinski definition) is 4. The number of hydrogen-bond donors (Lipinski definition) is 1. The molecule has 0 aliphatic heterocycles. The molecule has 2 aromatic heterocycles. The number of carbonyl (C=O) groups excluding carboxylic acids is 1. The zero-order valence-electron chi connectivity index (χ0n) is 11.1. The minimum absolute atomic E-state index is 0.188. The Bertz CT molecular complexity index is 822. The Morgan fingerprint density at radius 1 is 1.32 bits per heavy atom. The number of benzene rings is 1. The molecule has 22 heavy (non-hydrogen) atoms. The van der Waals surface area contributed by atoms with E-state index in [0.29, 0.717) is 16.0 Å². The van der Waals surface area contributed by atoms with Crippen molar-refractivity contribution in [1.82, 2.24) is 19.7 Å². The van der Waals surface area contributed by atoms with Gasteiger partial charge in [-0.1, -0.05) is 0 Å². The van der Waals surface area contributed by atoms with Crippen LogP contribution < -0.4 is 5.32 Å². The van der Waals surface area contributed by atoms with E-state index in [0.717, 1.165) is 6.07 Å². The number of nitrogens with one attached hydrogen (secondary N) is 1. The summed E-state index contributed by atoms with van der Waals surface area (Å²) in [7, 11) is 0. The molecule has 8 heteroatoms. The van der Waals surface area contributed by atoms with Gasteiger partial charge in [0.1, 0.15) is 18.5 Å². The molecule has 0 atom stereocenters. The summed E-state index contributed by atoms with van der Waals surface area (Å²) in [6.45, 7) is 0. The summed E-state index contributed by atoms with van der Waals surface area (Å²) in [4.78, 5) is 20.3. The van der Waals surface area contributed by atoms with Crippen LogP contribution in [-0.4, -0.2) is 25.7 Å². The summed E-state index contributed by atoms with van der Waals surface area (Å²) in [5.74, 6) is -0.530. The third-order valence-corrected chi connectivity index (χ3v) is 3.54. The molecule has 0 aliphatic carbocycles. The third-order valence-electron chi connectivity index (χ3n) is 2.84. The molecule has 0 unspecified atom stereocenters. The lowest BCUT2D eigenvalue weighted by Crippen LogP contribution is -2.15. The number of amides is 1. The third kappa shape index (κ3) is 2.86. The maximum absolute atomic E-state index is 13.3. The van der Waals surface area contributed by atoms with Gasteiger partial charge in [0.25, 0.3) is 5.91 Å². The van der Waals surface area contributed by atoms with Crippen molar-refractivity contribution >= 4 is 27.5 Å². The fourth-order valence-corrected chi connectivity index (χ4v) is 2.28. The molecule has 0 saturated heterocycles. The van der Waals surface area contributed by atoms with Gasteiger partial charge in [-0.3, -0.25) is 4.79 Å². The van der Waals surface area contributed by atoms with E-state index >= 15 is 0 Å². The Labute approximate surface area is 133 Å². The van der Waals surface area contributed by atoms with Crippen LogP contribution in [-0.2, 0) is 0 Å². The second-order valence-electron chi connectivity index (χ2n) is 4.29. The summed E-state index contributed by atoms with van der Waals surface area (Å²) >= 11 is 3.23. The van der Waals surface area contributed by atoms with Gasteiger partial charge in [-0.05, 0) is 46.3 Å². The Morgan fingerprint density at radius 2 is 2.18 bits per heavy atom. The lowest BCUT2D eigenvalue weighted by molar-refractivity contribution is 0.102. The van der Waals surface area contributed by atoms with Crippen LogP contribution in [0.15, 0.2) is 53.7 Å². The van der Waals surface area contributed by atoms with Gasteiger partial charge in [0.05, 0.1) is 11.3 Å². The first-order valence-electron chi connectivity index (χ1n) is 6.21. The van der Waals surface area contributed by atoms with Crippen LogP contribution in [0.1, 0.15) is 10.4 Å². The number of aromatic nitrogens is 4. The van der Waals surface area contributed by atoms with Gasteiger partial charge in [-0.15, -0.1) is 0 Å². The largest absolute Gasteiger partial charge is 0.319 e. The molecule has 0 spiro atoms. The van der Waals surface area contributed by atoms with Crippen molar-refractivity contribution in [2.45, 2.75) is 0 Å². The molecule has 0 bridgehead atoms. The van der Waals surface area contributed by atoms with Crippen molar-refractivity contribution < 1.29 is 9.18 Å². The molecular formula is C14H9BrFN5O. The van der Waals surface area contributed by atoms with Gasteiger partial charge in [0.15, 0.2) is 5.82 Å². The van der Waals surface area contributed by atoms with Gasteiger partial charge in [-0.25, -0.2) is 19.0 Å². The van der Waals surface area contributed by atoms with Gasteiger partial charge in [-0.2, -0.15) is 5.10 Å². The van der Waals surface area contributed by atoms with E-state index < -0.39 is 11.7 Å². The fourth-order valence-electron chi connectivity index (χ4n) is 1.86. The molecule has 1 amide bonds. The lowest BCUT2D eigenvalue weighted by Gasteiger charge is -2.10. The maximum Gasteiger partial charge on any atom is 0.257 e. The van der Waals surface area contributed by atoms with Crippen molar-refractivity contribution in [1.29, 1.82) is 0 Å². The molecule has 110 valence electrons. The minimum atomic E-state index is -0.490. The van der Waals surface area contributed by atoms with Gasteiger partial charge in [0.2, 0.25) is 0 Å². The molecule has 0 saturated carbocycles. The van der Waals surface area contributed by atoms with Crippen LogP contribution in [0.3, 0.4) is 0 Å². The van der Waals surface area contributed by atoms with Crippen LogP contribution in [0.2, 0.25) is 0 Å². The molecule has 0 fully saturated rings. The van der Waals surface area contributed by atoms with Crippen molar-refractivity contribution in [3.63, 3.8) is 0 Å². The first-order valence-corrected chi connectivity index (χ1v) is 7.01. The summed E-state index contributed by atoms with van der Waals surface area (Å²) in [6.07, 6.45) is 4.41. The van der Waals surface area contributed by atoms with E-state index in [1.165, 1.54) is 29.5 Å². The molecule has 2 heterocycles. The van der Waals surface area contributed by atoms with Gasteiger partial charge >= 0.3 is 0 Å². The van der Waals surface area contributed by atoms with Crippen LogP contribution in [0.4, 0.5) is 10.1 Å². The van der Waals surface area contributed by atoms with E-state index in [-0.39, 0.29) is 5.56 Å². The highest BCUT2D eigenvalue weighted by Gasteiger charge is 2.14. The van der Waals surface area contributed by atoms with E-state index in [9.17, 15) is 9.18 Å². The summed E-state index contributed by atoms with van der Waals surface area (Å²) in [5.41, 5.74) is 0.627. The summed E-state index contributed by atoms with van der Waals surface area (Å²) in [5, 5.41) is 6.68. The number of carbonyl (C=O) groups is 1. The molecule has 0 aliphatic rings. The van der Waals surface area contributed by atoms with E-state index in [2.05, 4.69) is 36.3 Å². The molecular weight excluding hydrogens is 353 g/mol. The Morgan fingerprint density at radius 3 is 2.95 bits per heavy atom. The van der Waals surface area contributed by atoms with Crippen molar-refractivity contribution in [2.24, 2.45) is 0 Å². The fraction of sp³-hybridized carbons (Fsp3) is 0.